The number of hydrogen-bond donors (Lipinski definition) is 2. The minimum absolute atomic E-state index is 0.171. The number of carboxylic acids is 1. The molecule has 0 aromatic carbocycles. The fourth-order valence-corrected chi connectivity index (χ4v) is 2.72. The lowest BCUT2D eigenvalue weighted by Gasteiger charge is -2.20. The Labute approximate surface area is 108 Å². The van der Waals surface area contributed by atoms with Gasteiger partial charge in [-0.1, -0.05) is 32.1 Å². The van der Waals surface area contributed by atoms with E-state index in [0.29, 0.717) is 6.42 Å². The first-order valence-electron chi connectivity index (χ1n) is 6.98. The summed E-state index contributed by atoms with van der Waals surface area (Å²) >= 11 is 0. The molecule has 0 radical (unpaired) electrons. The van der Waals surface area contributed by atoms with Crippen molar-refractivity contribution in [1.29, 1.82) is 0 Å². The molecule has 1 saturated carbocycles. The predicted octanol–water partition coefficient (Wildman–Crippen LogP) is 2.94. The van der Waals surface area contributed by atoms with Gasteiger partial charge in [-0.3, -0.25) is 4.79 Å². The third-order valence-electron chi connectivity index (χ3n) is 3.80. The molecule has 4 nitrogen and oxygen atoms in total. The number of aromatic nitrogens is 2. The number of nitrogens with zero attached hydrogens (tertiary/aromatic N) is 1. The van der Waals surface area contributed by atoms with Gasteiger partial charge in [0, 0.05) is 18.3 Å². The van der Waals surface area contributed by atoms with E-state index in [0.717, 1.165) is 23.9 Å². The molecule has 0 bridgehead atoms. The van der Waals surface area contributed by atoms with Crippen LogP contribution in [0.25, 0.3) is 0 Å². The summed E-state index contributed by atoms with van der Waals surface area (Å²) in [5.74, 6) is 1.13. The van der Waals surface area contributed by atoms with E-state index in [1.165, 1.54) is 38.5 Å². The highest BCUT2D eigenvalue weighted by atomic mass is 16.4. The van der Waals surface area contributed by atoms with E-state index in [-0.39, 0.29) is 6.42 Å². The van der Waals surface area contributed by atoms with Crippen molar-refractivity contribution in [2.24, 2.45) is 5.92 Å². The normalized spacial score (nSPS) is 16.9. The monoisotopic (exact) mass is 250 g/mol. The third-order valence-corrected chi connectivity index (χ3v) is 3.80. The van der Waals surface area contributed by atoms with E-state index < -0.39 is 5.97 Å². The molecule has 0 unspecified atom stereocenters. The van der Waals surface area contributed by atoms with Gasteiger partial charge in [0.1, 0.15) is 5.82 Å². The van der Waals surface area contributed by atoms with E-state index in [4.69, 9.17) is 5.11 Å². The van der Waals surface area contributed by atoms with Gasteiger partial charge in [-0.2, -0.15) is 0 Å². The number of imidazole rings is 1. The van der Waals surface area contributed by atoms with Crippen LogP contribution in [0.1, 0.15) is 56.5 Å². The van der Waals surface area contributed by atoms with Crippen LogP contribution in [-0.4, -0.2) is 21.0 Å². The quantitative estimate of drug-likeness (QED) is 0.815. The lowest BCUT2D eigenvalue weighted by Crippen LogP contribution is -2.07. The molecule has 100 valence electrons. The predicted molar refractivity (Wildman–Crippen MR) is 69.4 cm³/mol. The summed E-state index contributed by atoms with van der Waals surface area (Å²) in [4.78, 5) is 18.0. The van der Waals surface area contributed by atoms with E-state index >= 15 is 0 Å². The molecule has 1 fully saturated rings. The molecule has 2 N–H and O–H groups in total. The number of carboxylic acid groups (broad SMARTS) is 1. The zero-order chi connectivity index (χ0) is 12.8. The van der Waals surface area contributed by atoms with Crippen LogP contribution in [0.2, 0.25) is 0 Å². The summed E-state index contributed by atoms with van der Waals surface area (Å²) in [5, 5.41) is 8.62. The molecule has 0 spiro atoms. The summed E-state index contributed by atoms with van der Waals surface area (Å²) in [6.45, 7) is 0. The Balaban J connectivity index is 1.73. The lowest BCUT2D eigenvalue weighted by molar-refractivity contribution is -0.136. The molecular weight excluding hydrogens is 228 g/mol. The number of aromatic amines is 1. The second kappa shape index (κ2) is 6.57. The maximum Gasteiger partial charge on any atom is 0.303 e. The summed E-state index contributed by atoms with van der Waals surface area (Å²) < 4.78 is 0. The van der Waals surface area contributed by atoms with Crippen LogP contribution in [0.4, 0.5) is 0 Å². The Morgan fingerprint density at radius 3 is 2.83 bits per heavy atom. The van der Waals surface area contributed by atoms with Gasteiger partial charge in [0.05, 0.1) is 6.42 Å². The van der Waals surface area contributed by atoms with E-state index in [1.807, 2.05) is 0 Å². The van der Waals surface area contributed by atoms with Crippen LogP contribution in [0, 0.1) is 5.92 Å². The van der Waals surface area contributed by atoms with Crippen molar-refractivity contribution >= 4 is 5.97 Å². The number of carbonyl (C=O) groups is 1. The van der Waals surface area contributed by atoms with Crippen molar-refractivity contribution in [2.45, 2.75) is 57.8 Å². The number of hydrogen-bond acceptors (Lipinski definition) is 2. The topological polar surface area (TPSA) is 66.0 Å². The average Bonchev–Trinajstić information content (AvgIpc) is 2.83. The van der Waals surface area contributed by atoms with E-state index in [1.54, 1.807) is 6.20 Å². The van der Waals surface area contributed by atoms with Crippen LogP contribution in [0.15, 0.2) is 6.20 Å². The zero-order valence-electron chi connectivity index (χ0n) is 10.8. The first kappa shape index (κ1) is 13.1. The summed E-state index contributed by atoms with van der Waals surface area (Å²) in [6.07, 6.45) is 11.6. The van der Waals surface area contributed by atoms with Crippen molar-refractivity contribution < 1.29 is 9.90 Å². The number of rotatable bonds is 6. The second-order valence-electron chi connectivity index (χ2n) is 5.29. The zero-order valence-corrected chi connectivity index (χ0v) is 10.8. The molecule has 0 aliphatic heterocycles. The molecule has 1 aromatic heterocycles. The Kier molecular flexibility index (Phi) is 4.79. The van der Waals surface area contributed by atoms with Crippen molar-refractivity contribution in [1.82, 2.24) is 9.97 Å². The SMILES string of the molecule is O=C(O)CCc1cnc(CCC2CCCCC2)[nH]1. The summed E-state index contributed by atoms with van der Waals surface area (Å²) in [5.41, 5.74) is 0.941. The van der Waals surface area contributed by atoms with Gasteiger partial charge >= 0.3 is 5.97 Å². The van der Waals surface area contributed by atoms with Gasteiger partial charge in [0.15, 0.2) is 0 Å². The maximum absolute atomic E-state index is 10.5. The first-order valence-corrected chi connectivity index (χ1v) is 6.98. The molecule has 0 saturated heterocycles. The Morgan fingerprint density at radius 1 is 1.33 bits per heavy atom. The van der Waals surface area contributed by atoms with E-state index in [2.05, 4.69) is 9.97 Å². The summed E-state index contributed by atoms with van der Waals surface area (Å²) in [6, 6.07) is 0. The van der Waals surface area contributed by atoms with Crippen LogP contribution >= 0.6 is 0 Å². The van der Waals surface area contributed by atoms with Gasteiger partial charge in [-0.05, 0) is 18.8 Å². The molecule has 1 heterocycles. The Morgan fingerprint density at radius 2 is 2.11 bits per heavy atom. The van der Waals surface area contributed by atoms with Gasteiger partial charge in [0.25, 0.3) is 0 Å². The molecule has 1 aliphatic carbocycles. The van der Waals surface area contributed by atoms with Crippen molar-refractivity contribution in [3.8, 4) is 0 Å². The molecule has 2 rings (SSSR count). The molecular formula is C14H22N2O2. The van der Waals surface area contributed by atoms with Crippen LogP contribution in [0.3, 0.4) is 0 Å². The molecule has 4 heteroatoms. The van der Waals surface area contributed by atoms with Crippen molar-refractivity contribution in [2.75, 3.05) is 0 Å². The fraction of sp³-hybridized carbons (Fsp3) is 0.714. The molecule has 1 aromatic rings. The Hall–Kier alpha value is -1.32. The van der Waals surface area contributed by atoms with Gasteiger partial charge in [-0.25, -0.2) is 4.98 Å². The average molecular weight is 250 g/mol. The largest absolute Gasteiger partial charge is 0.481 e. The van der Waals surface area contributed by atoms with Crippen LogP contribution < -0.4 is 0 Å². The van der Waals surface area contributed by atoms with Gasteiger partial charge in [-0.15, -0.1) is 0 Å². The van der Waals surface area contributed by atoms with Crippen LogP contribution in [-0.2, 0) is 17.6 Å². The lowest BCUT2D eigenvalue weighted by atomic mass is 9.86. The third kappa shape index (κ3) is 4.17. The first-order chi connectivity index (χ1) is 8.74. The molecule has 1 aliphatic rings. The van der Waals surface area contributed by atoms with Crippen molar-refractivity contribution in [3.63, 3.8) is 0 Å². The number of aryl methyl sites for hydroxylation is 2. The Bertz CT molecular complexity index is 381. The number of aliphatic carboxylic acids is 1. The minimum atomic E-state index is -0.756. The summed E-state index contributed by atoms with van der Waals surface area (Å²) in [7, 11) is 0. The highest BCUT2D eigenvalue weighted by Crippen LogP contribution is 2.27. The van der Waals surface area contributed by atoms with Crippen molar-refractivity contribution in [3.05, 3.63) is 17.7 Å². The highest BCUT2D eigenvalue weighted by Gasteiger charge is 2.13. The molecule has 0 atom stereocenters. The maximum atomic E-state index is 10.5. The van der Waals surface area contributed by atoms with E-state index in [9.17, 15) is 4.79 Å². The smallest absolute Gasteiger partial charge is 0.303 e. The number of nitrogens with one attached hydrogen (secondary N) is 1. The second-order valence-corrected chi connectivity index (χ2v) is 5.29. The fourth-order valence-electron chi connectivity index (χ4n) is 2.72. The van der Waals surface area contributed by atoms with Gasteiger partial charge < -0.3 is 10.1 Å². The minimum Gasteiger partial charge on any atom is -0.481 e. The molecule has 0 amide bonds. The standard InChI is InChI=1S/C14H22N2O2/c17-14(18)9-7-12-10-15-13(16-12)8-6-11-4-2-1-3-5-11/h10-11H,1-9H2,(H,15,16)(H,17,18). The van der Waals surface area contributed by atoms with Crippen LogP contribution in [0.5, 0.6) is 0 Å². The number of H-pyrrole nitrogens is 1. The molecule has 18 heavy (non-hydrogen) atoms. The highest BCUT2D eigenvalue weighted by molar-refractivity contribution is 5.66. The van der Waals surface area contributed by atoms with Gasteiger partial charge in [0.2, 0.25) is 0 Å².